The molecule has 3 heteroatoms. The van der Waals surface area contributed by atoms with Crippen LogP contribution in [-0.4, -0.2) is 0 Å². The maximum Gasteiger partial charge on any atom is 0.0991 e. The van der Waals surface area contributed by atoms with Gasteiger partial charge in [0.25, 0.3) is 0 Å². The largest absolute Gasteiger partial charge is 0.192 e. The first-order valence-electron chi connectivity index (χ1n) is 2.72. The van der Waals surface area contributed by atoms with E-state index >= 15 is 0 Å². The fourth-order valence-corrected chi connectivity index (χ4v) is 0.603. The molecule has 0 aliphatic heterocycles. The number of rotatable bonds is 1. The lowest BCUT2D eigenvalue weighted by Gasteiger charge is -1.87. The van der Waals surface area contributed by atoms with Crippen molar-refractivity contribution in [1.29, 1.82) is 5.26 Å². The van der Waals surface area contributed by atoms with E-state index in [-0.39, 0.29) is 0 Å². The highest BCUT2D eigenvalue weighted by molar-refractivity contribution is 5.41. The minimum absolute atomic E-state index is 0.457. The average Bonchev–Trinajstić information content (AvgIpc) is 2.05. The Kier molecular flexibility index (Phi) is 1.76. The zero-order chi connectivity index (χ0) is 7.40. The van der Waals surface area contributed by atoms with Crippen molar-refractivity contribution in [3.63, 3.8) is 0 Å². The first-order chi connectivity index (χ1) is 4.86. The predicted octanol–water partition coefficient (Wildman–Crippen LogP) is 1.44. The summed E-state index contributed by atoms with van der Waals surface area (Å²) in [7, 11) is 0. The molecule has 3 nitrogen and oxygen atoms in total. The van der Waals surface area contributed by atoms with Gasteiger partial charge in [-0.3, -0.25) is 0 Å². The van der Waals surface area contributed by atoms with Crippen molar-refractivity contribution in [3.8, 4) is 6.07 Å². The fraction of sp³-hybridized carbons (Fsp3) is 0. The van der Waals surface area contributed by atoms with Crippen LogP contribution in [0.15, 0.2) is 29.4 Å². The highest BCUT2D eigenvalue weighted by Gasteiger charge is 1.88. The Morgan fingerprint density at radius 2 is 1.80 bits per heavy atom. The predicted molar refractivity (Wildman–Crippen MR) is 35.4 cm³/mol. The average molecular weight is 130 g/mol. The number of benzene rings is 1. The highest BCUT2D eigenvalue weighted by atomic mass is 14.9. The number of nitriles is 1. The lowest BCUT2D eigenvalue weighted by atomic mass is 10.2. The van der Waals surface area contributed by atoms with E-state index in [1.807, 2.05) is 6.07 Å². The second kappa shape index (κ2) is 2.74. The van der Waals surface area contributed by atoms with Crippen LogP contribution in [0.3, 0.4) is 0 Å². The molecule has 0 amide bonds. The van der Waals surface area contributed by atoms with Gasteiger partial charge in [-0.15, -0.1) is 5.11 Å². The molecule has 0 bridgehead atoms. The summed E-state index contributed by atoms with van der Waals surface area (Å²) in [6, 6.07) is 8.28. The molecule has 0 saturated carbocycles. The van der Waals surface area contributed by atoms with E-state index in [0.29, 0.717) is 11.3 Å². The van der Waals surface area contributed by atoms with Crippen LogP contribution in [0.4, 0.5) is 5.69 Å². The van der Waals surface area contributed by atoms with Gasteiger partial charge in [0.2, 0.25) is 0 Å². The molecular formula is C7H4N3. The highest BCUT2D eigenvalue weighted by Crippen LogP contribution is 2.10. The Morgan fingerprint density at radius 1 is 1.20 bits per heavy atom. The van der Waals surface area contributed by atoms with Crippen molar-refractivity contribution in [2.24, 2.45) is 5.11 Å². The van der Waals surface area contributed by atoms with Gasteiger partial charge in [-0.25, -0.2) is 0 Å². The maximum absolute atomic E-state index is 8.36. The summed E-state index contributed by atoms with van der Waals surface area (Å²) in [5.74, 6) is 0. The van der Waals surface area contributed by atoms with Gasteiger partial charge in [-0.1, -0.05) is 0 Å². The third-order valence-electron chi connectivity index (χ3n) is 1.11. The second-order valence-corrected chi connectivity index (χ2v) is 1.76. The van der Waals surface area contributed by atoms with Gasteiger partial charge in [0.05, 0.1) is 17.3 Å². The van der Waals surface area contributed by atoms with Gasteiger partial charge < -0.3 is 0 Å². The Morgan fingerprint density at radius 3 is 2.20 bits per heavy atom. The summed E-state index contributed by atoms with van der Waals surface area (Å²) >= 11 is 0. The van der Waals surface area contributed by atoms with Crippen LogP contribution in [0.25, 0.3) is 0 Å². The van der Waals surface area contributed by atoms with Crippen LogP contribution in [-0.2, 0) is 0 Å². The van der Waals surface area contributed by atoms with Crippen LogP contribution >= 0.6 is 0 Å². The van der Waals surface area contributed by atoms with Crippen molar-refractivity contribution < 1.29 is 0 Å². The number of hydrogen-bond acceptors (Lipinski definition) is 2. The molecule has 0 saturated heterocycles. The van der Waals surface area contributed by atoms with E-state index in [2.05, 4.69) is 5.11 Å². The molecule has 1 rings (SSSR count). The molecule has 1 radical (unpaired) electrons. The van der Waals surface area contributed by atoms with Gasteiger partial charge in [-0.05, 0) is 29.8 Å². The summed E-state index contributed by atoms with van der Waals surface area (Å²) in [6.07, 6.45) is 0. The number of hydrogen-bond donors (Lipinski definition) is 0. The SMILES string of the molecule is [N]=Nc1ccc(C#N)cc1. The van der Waals surface area contributed by atoms with Crippen molar-refractivity contribution in [2.45, 2.75) is 0 Å². The summed E-state index contributed by atoms with van der Waals surface area (Å²) < 4.78 is 0. The van der Waals surface area contributed by atoms with Crippen LogP contribution < -0.4 is 5.53 Å². The molecule has 47 valence electrons. The number of nitrogens with zero attached hydrogens (tertiary/aromatic N) is 3. The molecule has 0 aliphatic rings. The molecule has 0 aromatic heterocycles. The Labute approximate surface area is 58.4 Å². The van der Waals surface area contributed by atoms with Crippen LogP contribution in [0.1, 0.15) is 5.56 Å². The molecule has 1 aromatic rings. The first-order valence-corrected chi connectivity index (χ1v) is 2.72. The zero-order valence-electron chi connectivity index (χ0n) is 5.15. The van der Waals surface area contributed by atoms with Gasteiger partial charge in [-0.2, -0.15) is 5.26 Å². The summed E-state index contributed by atoms with van der Waals surface area (Å²) in [5.41, 5.74) is 9.26. The molecule has 1 aromatic carbocycles. The van der Waals surface area contributed by atoms with E-state index in [1.165, 1.54) is 0 Å². The van der Waals surface area contributed by atoms with E-state index in [4.69, 9.17) is 10.8 Å². The molecule has 0 atom stereocenters. The smallest absolute Gasteiger partial charge is 0.0991 e. The van der Waals surface area contributed by atoms with Gasteiger partial charge in [0.1, 0.15) is 0 Å². The lowest BCUT2D eigenvalue weighted by molar-refractivity contribution is 1.30. The third kappa shape index (κ3) is 1.17. The maximum atomic E-state index is 8.36. The first kappa shape index (κ1) is 6.43. The molecule has 0 N–H and O–H groups in total. The van der Waals surface area contributed by atoms with Gasteiger partial charge in [0.15, 0.2) is 0 Å². The molecule has 0 unspecified atom stereocenters. The fourth-order valence-electron chi connectivity index (χ4n) is 0.603. The second-order valence-electron chi connectivity index (χ2n) is 1.76. The van der Waals surface area contributed by atoms with Crippen LogP contribution in [0, 0.1) is 11.3 Å². The van der Waals surface area contributed by atoms with E-state index in [1.54, 1.807) is 24.3 Å². The van der Waals surface area contributed by atoms with E-state index in [0.717, 1.165) is 0 Å². The summed E-state index contributed by atoms with van der Waals surface area (Å²) in [4.78, 5) is 0. The van der Waals surface area contributed by atoms with Crippen LogP contribution in [0.5, 0.6) is 0 Å². The molecule has 10 heavy (non-hydrogen) atoms. The monoisotopic (exact) mass is 130 g/mol. The topological polar surface area (TPSA) is 58.4 Å². The zero-order valence-corrected chi connectivity index (χ0v) is 5.15. The van der Waals surface area contributed by atoms with Gasteiger partial charge >= 0.3 is 0 Å². The van der Waals surface area contributed by atoms with Gasteiger partial charge in [0, 0.05) is 0 Å². The molecule has 0 fully saturated rings. The van der Waals surface area contributed by atoms with E-state index < -0.39 is 0 Å². The Bertz CT molecular complexity index is 268. The molecule has 0 heterocycles. The quantitative estimate of drug-likeness (QED) is 0.530. The molecular weight excluding hydrogens is 126 g/mol. The van der Waals surface area contributed by atoms with Crippen molar-refractivity contribution >= 4 is 5.69 Å². The van der Waals surface area contributed by atoms with E-state index in [9.17, 15) is 0 Å². The lowest BCUT2D eigenvalue weighted by Crippen LogP contribution is -1.69. The van der Waals surface area contributed by atoms with Crippen molar-refractivity contribution in [3.05, 3.63) is 29.8 Å². The molecule has 0 spiro atoms. The normalized spacial score (nSPS) is 8.30. The third-order valence-corrected chi connectivity index (χ3v) is 1.11. The summed E-state index contributed by atoms with van der Waals surface area (Å²) in [6.45, 7) is 0. The minimum Gasteiger partial charge on any atom is -0.192 e. The molecule has 0 aliphatic carbocycles. The Hall–Kier alpha value is -1.69. The van der Waals surface area contributed by atoms with Crippen molar-refractivity contribution in [1.82, 2.24) is 5.53 Å². The Balaban J connectivity index is 3.04. The van der Waals surface area contributed by atoms with Crippen LogP contribution in [0.2, 0.25) is 0 Å². The van der Waals surface area contributed by atoms with Crippen molar-refractivity contribution in [2.75, 3.05) is 0 Å². The summed E-state index contributed by atoms with van der Waals surface area (Å²) in [5, 5.41) is 11.3. The standard InChI is InChI=1S/C7H4N3/c8-5-6-1-3-7(10-9)4-2-6/h1-4H. The minimum atomic E-state index is 0.457.